The molecule has 35 heavy (non-hydrogen) atoms. The SMILES string of the molecule is CCS(=O)(=O)N[C@H](Cc1ccccc1)C(=O)N1CCC[C@H]1C(=O)NCCc1ccc(C(=N)N)cc1. The molecule has 10 heteroatoms. The van der Waals surface area contributed by atoms with Crippen LogP contribution in [0.5, 0.6) is 0 Å². The average molecular weight is 500 g/mol. The minimum absolute atomic E-state index is 0.00244. The van der Waals surface area contributed by atoms with Gasteiger partial charge in [0.2, 0.25) is 21.8 Å². The number of amidine groups is 1. The molecule has 1 aliphatic rings. The minimum Gasteiger partial charge on any atom is -0.384 e. The molecule has 3 rings (SSSR count). The molecule has 0 unspecified atom stereocenters. The van der Waals surface area contributed by atoms with Crippen molar-refractivity contribution < 1.29 is 18.0 Å². The molecule has 1 saturated heterocycles. The molecule has 0 aromatic heterocycles. The van der Waals surface area contributed by atoms with Gasteiger partial charge in [0, 0.05) is 18.7 Å². The Morgan fingerprint density at radius 2 is 1.80 bits per heavy atom. The van der Waals surface area contributed by atoms with E-state index in [0.717, 1.165) is 11.1 Å². The van der Waals surface area contributed by atoms with Gasteiger partial charge < -0.3 is 16.0 Å². The molecule has 0 saturated carbocycles. The maximum absolute atomic E-state index is 13.4. The lowest BCUT2D eigenvalue weighted by Crippen LogP contribution is -2.54. The summed E-state index contributed by atoms with van der Waals surface area (Å²) in [5.74, 6) is -0.762. The van der Waals surface area contributed by atoms with Crippen molar-refractivity contribution >= 4 is 27.7 Å². The summed E-state index contributed by atoms with van der Waals surface area (Å²) in [7, 11) is -3.62. The third-order valence-corrected chi connectivity index (χ3v) is 7.50. The van der Waals surface area contributed by atoms with Gasteiger partial charge in [-0.05, 0) is 43.7 Å². The van der Waals surface area contributed by atoms with Gasteiger partial charge in [-0.1, -0.05) is 54.6 Å². The number of benzene rings is 2. The van der Waals surface area contributed by atoms with E-state index in [0.29, 0.717) is 37.9 Å². The van der Waals surface area contributed by atoms with Crippen molar-refractivity contribution in [2.45, 2.75) is 44.7 Å². The first kappa shape index (κ1) is 26.4. The maximum atomic E-state index is 13.4. The number of amides is 2. The van der Waals surface area contributed by atoms with Crippen LogP contribution >= 0.6 is 0 Å². The number of hydrogen-bond acceptors (Lipinski definition) is 5. The summed E-state index contributed by atoms with van der Waals surface area (Å²) in [5.41, 5.74) is 7.94. The highest BCUT2D eigenvalue weighted by molar-refractivity contribution is 7.89. The number of nitrogens with two attached hydrogens (primary N) is 1. The fourth-order valence-electron chi connectivity index (χ4n) is 4.13. The Kier molecular flexibility index (Phi) is 9.00. The molecule has 1 heterocycles. The van der Waals surface area contributed by atoms with Crippen LogP contribution in [0.15, 0.2) is 54.6 Å². The number of nitrogens with one attached hydrogen (secondary N) is 3. The van der Waals surface area contributed by atoms with E-state index in [1.165, 1.54) is 11.8 Å². The Hall–Kier alpha value is -3.24. The summed E-state index contributed by atoms with van der Waals surface area (Å²) >= 11 is 0. The molecule has 188 valence electrons. The third-order valence-electron chi connectivity index (χ3n) is 6.10. The lowest BCUT2D eigenvalue weighted by molar-refractivity contribution is -0.139. The van der Waals surface area contributed by atoms with Gasteiger partial charge >= 0.3 is 0 Å². The van der Waals surface area contributed by atoms with E-state index in [9.17, 15) is 18.0 Å². The van der Waals surface area contributed by atoms with E-state index in [2.05, 4.69) is 10.0 Å². The number of carbonyl (C=O) groups excluding carboxylic acids is 2. The van der Waals surface area contributed by atoms with E-state index >= 15 is 0 Å². The third kappa shape index (κ3) is 7.37. The lowest BCUT2D eigenvalue weighted by Gasteiger charge is -2.28. The molecule has 5 N–H and O–H groups in total. The smallest absolute Gasteiger partial charge is 0.242 e. The summed E-state index contributed by atoms with van der Waals surface area (Å²) < 4.78 is 27.1. The summed E-state index contributed by atoms with van der Waals surface area (Å²) in [4.78, 5) is 27.9. The Labute approximate surface area is 206 Å². The Morgan fingerprint density at radius 3 is 2.43 bits per heavy atom. The van der Waals surface area contributed by atoms with Crippen LogP contribution in [-0.2, 0) is 32.5 Å². The topological polar surface area (TPSA) is 145 Å². The molecule has 1 aliphatic heterocycles. The minimum atomic E-state index is -3.62. The largest absolute Gasteiger partial charge is 0.384 e. The lowest BCUT2D eigenvalue weighted by atomic mass is 10.0. The highest BCUT2D eigenvalue weighted by Crippen LogP contribution is 2.20. The van der Waals surface area contributed by atoms with Crippen LogP contribution in [0.1, 0.15) is 36.5 Å². The highest BCUT2D eigenvalue weighted by Gasteiger charge is 2.38. The summed E-state index contributed by atoms with van der Waals surface area (Å²) in [6.45, 7) is 2.32. The summed E-state index contributed by atoms with van der Waals surface area (Å²) in [6.07, 6.45) is 2.01. The Bertz CT molecular complexity index is 1140. The second kappa shape index (κ2) is 11.9. The molecular weight excluding hydrogens is 466 g/mol. The Morgan fingerprint density at radius 1 is 1.11 bits per heavy atom. The van der Waals surface area contributed by atoms with Crippen molar-refractivity contribution in [1.29, 1.82) is 5.41 Å². The van der Waals surface area contributed by atoms with Crippen LogP contribution < -0.4 is 15.8 Å². The second-order valence-electron chi connectivity index (χ2n) is 8.60. The van der Waals surface area contributed by atoms with Crippen LogP contribution in [0.3, 0.4) is 0 Å². The van der Waals surface area contributed by atoms with Crippen LogP contribution in [0.4, 0.5) is 0 Å². The van der Waals surface area contributed by atoms with Crippen molar-refractivity contribution in [2.75, 3.05) is 18.8 Å². The predicted molar refractivity (Wildman–Crippen MR) is 135 cm³/mol. The summed E-state index contributed by atoms with van der Waals surface area (Å²) in [5, 5.41) is 10.4. The highest BCUT2D eigenvalue weighted by atomic mass is 32.2. The number of nitrogens with zero attached hydrogens (tertiary/aromatic N) is 1. The van der Waals surface area contributed by atoms with Gasteiger partial charge in [0.05, 0.1) is 5.75 Å². The standard InChI is InChI=1S/C25H33N5O4S/c1-2-35(33,34)29-21(17-19-7-4-3-5-8-19)25(32)30-16-6-9-22(30)24(31)28-15-14-18-10-12-20(13-11-18)23(26)27/h3-5,7-8,10-13,21-22,29H,2,6,9,14-17H2,1H3,(H3,26,27)(H,28,31)/t21-,22+/m1/s1. The maximum Gasteiger partial charge on any atom is 0.242 e. The number of sulfonamides is 1. The van der Waals surface area contributed by atoms with Gasteiger partial charge in [-0.3, -0.25) is 15.0 Å². The predicted octanol–water partition coefficient (Wildman–Crippen LogP) is 1.17. The van der Waals surface area contributed by atoms with Crippen LogP contribution in [0, 0.1) is 5.41 Å². The number of nitrogen functional groups attached to an aromatic ring is 1. The quantitative estimate of drug-likeness (QED) is 0.271. The van der Waals surface area contributed by atoms with Crippen molar-refractivity contribution in [2.24, 2.45) is 5.73 Å². The van der Waals surface area contributed by atoms with Gasteiger partial charge in [0.1, 0.15) is 17.9 Å². The zero-order valence-electron chi connectivity index (χ0n) is 19.9. The van der Waals surface area contributed by atoms with Crippen molar-refractivity contribution in [3.63, 3.8) is 0 Å². The molecule has 0 spiro atoms. The van der Waals surface area contributed by atoms with Crippen molar-refractivity contribution in [3.05, 3.63) is 71.3 Å². The number of carbonyl (C=O) groups is 2. The molecular formula is C25H33N5O4S. The van der Waals surface area contributed by atoms with E-state index in [1.54, 1.807) is 12.1 Å². The fourth-order valence-corrected chi connectivity index (χ4v) is 4.92. The molecule has 0 aliphatic carbocycles. The zero-order valence-corrected chi connectivity index (χ0v) is 20.7. The first-order chi connectivity index (χ1) is 16.7. The molecule has 0 bridgehead atoms. The first-order valence-corrected chi connectivity index (χ1v) is 13.4. The van der Waals surface area contributed by atoms with Gasteiger partial charge in [-0.2, -0.15) is 0 Å². The van der Waals surface area contributed by atoms with Crippen LogP contribution in [-0.4, -0.2) is 61.9 Å². The zero-order chi connectivity index (χ0) is 25.4. The average Bonchev–Trinajstić information content (AvgIpc) is 3.34. The molecule has 2 aromatic carbocycles. The molecule has 2 atom stereocenters. The summed E-state index contributed by atoms with van der Waals surface area (Å²) in [6, 6.07) is 14.9. The number of rotatable bonds is 11. The number of hydrogen-bond donors (Lipinski definition) is 4. The Balaban J connectivity index is 1.64. The van der Waals surface area contributed by atoms with E-state index in [-0.39, 0.29) is 29.8 Å². The molecule has 2 aromatic rings. The van der Waals surface area contributed by atoms with Gasteiger partial charge in [-0.25, -0.2) is 13.1 Å². The van der Waals surface area contributed by atoms with Gasteiger partial charge in [-0.15, -0.1) is 0 Å². The molecule has 1 fully saturated rings. The molecule has 9 nitrogen and oxygen atoms in total. The van der Waals surface area contributed by atoms with E-state index in [4.69, 9.17) is 11.1 Å². The van der Waals surface area contributed by atoms with E-state index < -0.39 is 22.1 Å². The molecule has 0 radical (unpaired) electrons. The number of likely N-dealkylation sites (tertiary alicyclic amines) is 1. The van der Waals surface area contributed by atoms with Gasteiger partial charge in [0.15, 0.2) is 0 Å². The van der Waals surface area contributed by atoms with Crippen LogP contribution in [0.2, 0.25) is 0 Å². The second-order valence-corrected chi connectivity index (χ2v) is 10.6. The fraction of sp³-hybridized carbons (Fsp3) is 0.400. The van der Waals surface area contributed by atoms with Crippen molar-refractivity contribution in [1.82, 2.24) is 14.9 Å². The van der Waals surface area contributed by atoms with Gasteiger partial charge in [0.25, 0.3) is 0 Å². The monoisotopic (exact) mass is 499 g/mol. The van der Waals surface area contributed by atoms with Crippen molar-refractivity contribution in [3.8, 4) is 0 Å². The van der Waals surface area contributed by atoms with Crippen LogP contribution in [0.25, 0.3) is 0 Å². The first-order valence-electron chi connectivity index (χ1n) is 11.8. The van der Waals surface area contributed by atoms with E-state index in [1.807, 2.05) is 42.5 Å². The molecule has 2 amide bonds. The normalized spacial score (nSPS) is 16.6.